The Hall–Kier alpha value is -2.00. The Balaban J connectivity index is 0.00000264. The van der Waals surface area contributed by atoms with Crippen molar-refractivity contribution in [3.8, 4) is 0 Å². The number of aromatic nitrogens is 2. The van der Waals surface area contributed by atoms with Crippen LogP contribution in [0.25, 0.3) is 5.73 Å². The van der Waals surface area contributed by atoms with Crippen LogP contribution in [-0.2, 0) is 45.8 Å². The van der Waals surface area contributed by atoms with E-state index in [0.717, 1.165) is 5.56 Å². The van der Waals surface area contributed by atoms with E-state index >= 15 is 0 Å². The van der Waals surface area contributed by atoms with Crippen molar-refractivity contribution in [2.75, 3.05) is 7.05 Å². The Morgan fingerprint density at radius 3 is 2.52 bits per heavy atom. The van der Waals surface area contributed by atoms with Gasteiger partial charge >= 0.3 is 5.76 Å². The zero-order valence-corrected chi connectivity index (χ0v) is 15.2. The first kappa shape index (κ1) is 19.1. The van der Waals surface area contributed by atoms with E-state index in [-0.39, 0.29) is 51.0 Å². The van der Waals surface area contributed by atoms with Crippen molar-refractivity contribution >= 4 is 11.9 Å². The van der Waals surface area contributed by atoms with Gasteiger partial charge < -0.3 is 16.0 Å². The molecule has 2 aromatic rings. The van der Waals surface area contributed by atoms with Gasteiger partial charge in [0, 0.05) is 38.3 Å². The van der Waals surface area contributed by atoms with Gasteiger partial charge in [0.1, 0.15) is 0 Å². The molecule has 0 fully saturated rings. The first-order valence-corrected chi connectivity index (χ1v) is 6.34. The molecule has 0 aliphatic rings. The predicted octanol–water partition coefficient (Wildman–Crippen LogP) is 0.894. The Kier molecular flexibility index (Phi) is 7.11. The zero-order chi connectivity index (χ0) is 16.1. The van der Waals surface area contributed by atoms with E-state index in [9.17, 15) is 14.4 Å². The third kappa shape index (κ3) is 5.61. The van der Waals surface area contributed by atoms with E-state index in [2.05, 4.69) is 20.0 Å². The van der Waals surface area contributed by atoms with Crippen LogP contribution < -0.4 is 11.1 Å². The van der Waals surface area contributed by atoms with E-state index in [1.807, 2.05) is 0 Å². The summed E-state index contributed by atoms with van der Waals surface area (Å²) in [5.74, 6) is -0.785. The molecule has 0 saturated heterocycles. The van der Waals surface area contributed by atoms with Gasteiger partial charge in [0.05, 0.1) is 6.54 Å². The molecule has 1 aromatic carbocycles. The molecule has 0 spiro atoms. The predicted molar refractivity (Wildman–Crippen MR) is 75.9 cm³/mol. The van der Waals surface area contributed by atoms with Crippen molar-refractivity contribution in [2.45, 2.75) is 13.1 Å². The fourth-order valence-electron chi connectivity index (χ4n) is 1.71. The van der Waals surface area contributed by atoms with Crippen LogP contribution in [0.2, 0.25) is 0 Å². The molecule has 9 nitrogen and oxygen atoms in total. The molecule has 0 saturated carbocycles. The molecule has 0 atom stereocenters. The first-order chi connectivity index (χ1) is 10.5. The van der Waals surface area contributed by atoms with Crippen molar-refractivity contribution in [1.82, 2.24) is 20.4 Å². The number of hydrogen-bond acceptors (Lipinski definition) is 5. The van der Waals surface area contributed by atoms with Crippen LogP contribution in [0.5, 0.6) is 0 Å². The van der Waals surface area contributed by atoms with Gasteiger partial charge in [0.25, 0.3) is 5.91 Å². The van der Waals surface area contributed by atoms with Crippen molar-refractivity contribution in [1.29, 1.82) is 0 Å². The summed E-state index contributed by atoms with van der Waals surface area (Å²) in [5, 5.41) is 6.01. The summed E-state index contributed by atoms with van der Waals surface area (Å²) >= 11 is 0. The summed E-state index contributed by atoms with van der Waals surface area (Å²) in [7, 11) is 1.52. The average molecular weight is 393 g/mol. The molecule has 0 unspecified atom stereocenters. The van der Waals surface area contributed by atoms with Gasteiger partial charge in [-0.15, -0.1) is 0 Å². The van der Waals surface area contributed by atoms with Gasteiger partial charge in [-0.2, -0.15) is 0 Å². The van der Waals surface area contributed by atoms with Crippen LogP contribution in [0, 0.1) is 0 Å². The molecule has 2 rings (SSSR count). The Morgan fingerprint density at radius 2 is 2.00 bits per heavy atom. The second-order valence-corrected chi connectivity index (χ2v) is 4.58. The van der Waals surface area contributed by atoms with Crippen LogP contribution in [0.3, 0.4) is 0 Å². The number of rotatable bonds is 5. The minimum absolute atomic E-state index is 0. The van der Waals surface area contributed by atoms with Gasteiger partial charge in [-0.3, -0.25) is 19.1 Å². The number of carbonyl (C=O) groups excluding carboxylic acids is 2. The molecule has 119 valence electrons. The third-order valence-electron chi connectivity index (χ3n) is 2.88. The minimum Gasteiger partial charge on any atom is -0.447 e. The summed E-state index contributed by atoms with van der Waals surface area (Å²) < 4.78 is 4.31. The van der Waals surface area contributed by atoms with E-state index in [1.54, 1.807) is 24.3 Å². The van der Waals surface area contributed by atoms with Crippen LogP contribution >= 0.6 is 0 Å². The van der Waals surface area contributed by atoms with E-state index in [4.69, 9.17) is 5.73 Å². The Labute approximate surface area is 156 Å². The maximum atomic E-state index is 11.9. The molecular weight excluding hydrogens is 379 g/mol. The number of H-pyrrole nitrogens is 1. The summed E-state index contributed by atoms with van der Waals surface area (Å²) in [6.45, 7) is 0.340. The summed E-state index contributed by atoms with van der Waals surface area (Å²) in [4.78, 5) is 37.1. The zero-order valence-electron chi connectivity index (χ0n) is 12.3. The summed E-state index contributed by atoms with van der Waals surface area (Å²) in [5.41, 5.74) is 8.20. The summed E-state index contributed by atoms with van der Waals surface area (Å²) in [6.07, 6.45) is 0. The first-order valence-electron chi connectivity index (χ1n) is 6.34. The molecule has 0 aliphatic carbocycles. The smallest absolute Gasteiger partial charge is 0.438 e. The monoisotopic (exact) mass is 393 g/mol. The molecule has 3 amide bonds. The normalized spacial score (nSPS) is 9.78. The fraction of sp³-hybridized carbons (Fsp3) is 0.231. The molecule has 0 aliphatic heterocycles. The van der Waals surface area contributed by atoms with Crippen LogP contribution in [0.15, 0.2) is 33.6 Å². The molecule has 1 heterocycles. The van der Waals surface area contributed by atoms with Gasteiger partial charge in [-0.1, -0.05) is 24.3 Å². The third-order valence-corrected chi connectivity index (χ3v) is 2.88. The number of urea groups is 1. The standard InChI is InChI=1S/C13H15N5O4.Y/c1-18(12(14)20)7-8-2-4-9(5-3-8)11(19)15-6-10-16-13(21)22-17-10;/h2-5H,6-7H2,1H3,(H4,14,15,16,17,19,20,21);/p-1. The second-order valence-electron chi connectivity index (χ2n) is 4.58. The molecule has 3 N–H and O–H groups in total. The fourth-order valence-corrected chi connectivity index (χ4v) is 1.71. The van der Waals surface area contributed by atoms with Crippen molar-refractivity contribution < 1.29 is 46.8 Å². The van der Waals surface area contributed by atoms with Gasteiger partial charge in [0.15, 0.2) is 11.9 Å². The SMILES string of the molecule is CN(Cc1ccc(C(=O)NCc2noc(=O)[nH]2)cc1)C([NH-])=O.[Y]. The Bertz CT molecular complexity index is 724. The molecular formula is C13H14N5O4Y-. The van der Waals surface area contributed by atoms with E-state index in [0.29, 0.717) is 12.1 Å². The Morgan fingerprint density at radius 1 is 1.35 bits per heavy atom. The van der Waals surface area contributed by atoms with Gasteiger partial charge in [-0.05, 0) is 24.2 Å². The van der Waals surface area contributed by atoms with Crippen LogP contribution in [-0.4, -0.2) is 34.0 Å². The number of aromatic amines is 1. The maximum Gasteiger partial charge on any atom is 0.438 e. The van der Waals surface area contributed by atoms with E-state index < -0.39 is 11.8 Å². The number of amides is 3. The second kappa shape index (κ2) is 8.59. The number of nitrogens with one attached hydrogen (secondary N) is 3. The molecule has 1 radical (unpaired) electrons. The average Bonchev–Trinajstić information content (AvgIpc) is 2.91. The molecule has 23 heavy (non-hydrogen) atoms. The number of benzene rings is 1. The number of carbonyl (C=O) groups is 2. The van der Waals surface area contributed by atoms with Gasteiger partial charge in [0.2, 0.25) is 0 Å². The minimum atomic E-state index is -0.775. The maximum absolute atomic E-state index is 11.9. The molecule has 10 heteroatoms. The van der Waals surface area contributed by atoms with Gasteiger partial charge in [-0.25, -0.2) is 4.79 Å². The van der Waals surface area contributed by atoms with Crippen molar-refractivity contribution in [2.24, 2.45) is 0 Å². The largest absolute Gasteiger partial charge is 0.447 e. The number of nitrogens with zero attached hydrogens (tertiary/aromatic N) is 2. The molecule has 0 bridgehead atoms. The summed E-state index contributed by atoms with van der Waals surface area (Å²) in [6, 6.07) is 5.85. The van der Waals surface area contributed by atoms with Crippen LogP contribution in [0.4, 0.5) is 4.79 Å². The quantitative estimate of drug-likeness (QED) is 0.779. The van der Waals surface area contributed by atoms with E-state index in [1.165, 1.54) is 11.9 Å². The van der Waals surface area contributed by atoms with Crippen molar-refractivity contribution in [3.63, 3.8) is 0 Å². The molecule has 1 aromatic heterocycles. The van der Waals surface area contributed by atoms with Crippen LogP contribution in [0.1, 0.15) is 21.7 Å². The number of hydrogen-bond donors (Lipinski definition) is 2. The van der Waals surface area contributed by atoms with Crippen molar-refractivity contribution in [3.05, 3.63) is 57.5 Å². The topological polar surface area (TPSA) is 132 Å².